The van der Waals surface area contributed by atoms with Crippen molar-refractivity contribution in [3.63, 3.8) is 0 Å². The van der Waals surface area contributed by atoms with Crippen molar-refractivity contribution in [1.82, 2.24) is 0 Å². The van der Waals surface area contributed by atoms with E-state index in [1.165, 1.54) is 30.3 Å². The molecule has 0 aliphatic heterocycles. The van der Waals surface area contributed by atoms with Crippen molar-refractivity contribution < 1.29 is 18.3 Å². The van der Waals surface area contributed by atoms with Crippen LogP contribution in [0.2, 0.25) is 0 Å². The van der Waals surface area contributed by atoms with Gasteiger partial charge in [-0.05, 0) is 48.0 Å². The van der Waals surface area contributed by atoms with E-state index in [1.807, 2.05) is 6.07 Å². The van der Waals surface area contributed by atoms with Crippen LogP contribution in [0.25, 0.3) is 6.08 Å². The lowest BCUT2D eigenvalue weighted by Crippen LogP contribution is -2.02. The summed E-state index contributed by atoms with van der Waals surface area (Å²) >= 11 is 0. The second-order valence-corrected chi connectivity index (χ2v) is 4.33. The van der Waals surface area contributed by atoms with Gasteiger partial charge in [-0.25, -0.2) is 0 Å². The minimum Gasteiger partial charge on any atom is -0.435 e. The number of hydrogen-bond donors (Lipinski definition) is 0. The van der Waals surface area contributed by atoms with Crippen LogP contribution in [0.4, 0.5) is 8.78 Å². The van der Waals surface area contributed by atoms with E-state index >= 15 is 0 Å². The average Bonchev–Trinajstić information content (AvgIpc) is 2.53. The maximum absolute atomic E-state index is 12.0. The van der Waals surface area contributed by atoms with Crippen LogP contribution in [0.15, 0.2) is 54.6 Å². The number of nitrogens with zero attached hydrogens (tertiary/aromatic N) is 1. The van der Waals surface area contributed by atoms with Gasteiger partial charge in [-0.1, -0.05) is 18.2 Å². The molecule has 0 aromatic heterocycles. The Morgan fingerprint density at radius 3 is 2.27 bits per heavy atom. The van der Waals surface area contributed by atoms with Crippen LogP contribution in [-0.4, -0.2) is 12.4 Å². The zero-order valence-corrected chi connectivity index (χ0v) is 11.4. The number of ether oxygens (including phenoxy) is 1. The third-order valence-corrected chi connectivity index (χ3v) is 2.83. The Hall–Kier alpha value is -3.00. The maximum Gasteiger partial charge on any atom is 0.387 e. The van der Waals surface area contributed by atoms with Gasteiger partial charge in [0.15, 0.2) is 5.78 Å². The smallest absolute Gasteiger partial charge is 0.387 e. The molecule has 0 unspecified atom stereocenters. The van der Waals surface area contributed by atoms with Gasteiger partial charge in [-0.3, -0.25) is 4.79 Å². The first kappa shape index (κ1) is 15.4. The molecule has 0 spiro atoms. The number of allylic oxidation sites excluding steroid dienone is 1. The molecular weight excluding hydrogens is 288 g/mol. The Labute approximate surface area is 126 Å². The molecule has 0 aliphatic carbocycles. The molecule has 2 rings (SSSR count). The number of hydrogen-bond acceptors (Lipinski definition) is 3. The van der Waals surface area contributed by atoms with E-state index in [-0.39, 0.29) is 11.5 Å². The first-order valence-electron chi connectivity index (χ1n) is 6.36. The van der Waals surface area contributed by atoms with E-state index in [2.05, 4.69) is 4.74 Å². The number of nitriles is 1. The third kappa shape index (κ3) is 4.25. The molecule has 0 N–H and O–H groups in total. The van der Waals surface area contributed by atoms with Gasteiger partial charge in [0.2, 0.25) is 0 Å². The molecule has 0 radical (unpaired) electrons. The molecule has 0 aliphatic rings. The van der Waals surface area contributed by atoms with Gasteiger partial charge in [-0.15, -0.1) is 0 Å². The highest BCUT2D eigenvalue weighted by Gasteiger charge is 2.06. The highest BCUT2D eigenvalue weighted by Crippen LogP contribution is 2.16. The second-order valence-electron chi connectivity index (χ2n) is 4.33. The largest absolute Gasteiger partial charge is 0.435 e. The number of carbonyl (C=O) groups excluding carboxylic acids is 1. The lowest BCUT2D eigenvalue weighted by Gasteiger charge is -2.04. The lowest BCUT2D eigenvalue weighted by atomic mass is 10.1. The summed E-state index contributed by atoms with van der Waals surface area (Å²) in [4.78, 5) is 11.9. The summed E-state index contributed by atoms with van der Waals surface area (Å²) in [6.45, 7) is -2.89. The number of alkyl halides is 2. The molecule has 2 aromatic carbocycles. The van der Waals surface area contributed by atoms with Gasteiger partial charge in [0.25, 0.3) is 0 Å². The predicted molar refractivity (Wildman–Crippen MR) is 77.6 cm³/mol. The first-order chi connectivity index (χ1) is 10.6. The molecule has 0 atom stereocenters. The van der Waals surface area contributed by atoms with Crippen LogP contribution in [0.5, 0.6) is 5.75 Å². The number of carbonyl (C=O) groups is 1. The molecule has 3 nitrogen and oxygen atoms in total. The highest BCUT2D eigenvalue weighted by atomic mass is 19.3. The molecule has 0 saturated carbocycles. The quantitative estimate of drug-likeness (QED) is 0.618. The van der Waals surface area contributed by atoms with Gasteiger partial charge in [0.05, 0.1) is 11.6 Å². The predicted octanol–water partition coefficient (Wildman–Crippen LogP) is 4.06. The van der Waals surface area contributed by atoms with Crippen molar-refractivity contribution in [2.24, 2.45) is 0 Å². The van der Waals surface area contributed by atoms with Crippen LogP contribution >= 0.6 is 0 Å². The zero-order chi connectivity index (χ0) is 15.9. The summed E-state index contributed by atoms with van der Waals surface area (Å²) in [7, 11) is 0. The molecular formula is C17H11F2NO2. The Balaban J connectivity index is 2.04. The summed E-state index contributed by atoms with van der Waals surface area (Å²) in [5.41, 5.74) is 1.69. The fourth-order valence-electron chi connectivity index (χ4n) is 1.74. The Morgan fingerprint density at radius 1 is 1.09 bits per heavy atom. The monoisotopic (exact) mass is 299 g/mol. The fraction of sp³-hybridized carbons (Fsp3) is 0.0588. The fourth-order valence-corrected chi connectivity index (χ4v) is 1.74. The van der Waals surface area contributed by atoms with E-state index in [9.17, 15) is 13.6 Å². The Morgan fingerprint density at radius 2 is 1.73 bits per heavy atom. The minimum absolute atomic E-state index is 0.00243. The van der Waals surface area contributed by atoms with Crippen LogP contribution in [-0.2, 0) is 0 Å². The average molecular weight is 299 g/mol. The van der Waals surface area contributed by atoms with Crippen LogP contribution < -0.4 is 4.74 Å². The second kappa shape index (κ2) is 7.14. The molecule has 110 valence electrons. The van der Waals surface area contributed by atoms with Crippen molar-refractivity contribution in [2.45, 2.75) is 6.61 Å². The summed E-state index contributed by atoms with van der Waals surface area (Å²) in [5, 5.41) is 8.69. The molecule has 0 amide bonds. The molecule has 0 bridgehead atoms. The summed E-state index contributed by atoms with van der Waals surface area (Å²) in [6.07, 6.45) is 3.00. The lowest BCUT2D eigenvalue weighted by molar-refractivity contribution is -0.0498. The van der Waals surface area contributed by atoms with Gasteiger partial charge in [0.1, 0.15) is 5.75 Å². The molecule has 0 saturated heterocycles. The zero-order valence-electron chi connectivity index (χ0n) is 11.4. The SMILES string of the molecule is N#Cc1ccc(/C=C/C(=O)c2ccc(OC(F)F)cc2)cc1. The molecule has 22 heavy (non-hydrogen) atoms. The van der Waals surface area contributed by atoms with Gasteiger partial charge in [-0.2, -0.15) is 14.0 Å². The topological polar surface area (TPSA) is 50.1 Å². The number of halogens is 2. The van der Waals surface area contributed by atoms with Crippen LogP contribution in [0.1, 0.15) is 21.5 Å². The minimum atomic E-state index is -2.89. The Kier molecular flexibility index (Phi) is 4.99. The van der Waals surface area contributed by atoms with Crippen molar-refractivity contribution >= 4 is 11.9 Å². The molecule has 2 aromatic rings. The van der Waals surface area contributed by atoms with Crippen molar-refractivity contribution in [1.29, 1.82) is 5.26 Å². The number of benzene rings is 2. The Bertz CT molecular complexity index is 714. The van der Waals surface area contributed by atoms with Gasteiger partial charge < -0.3 is 4.74 Å². The first-order valence-corrected chi connectivity index (χ1v) is 6.36. The van der Waals surface area contributed by atoms with E-state index < -0.39 is 6.61 Å². The van der Waals surface area contributed by atoms with E-state index in [0.717, 1.165) is 5.56 Å². The normalized spacial score (nSPS) is 10.6. The van der Waals surface area contributed by atoms with E-state index in [4.69, 9.17) is 5.26 Å². The van der Waals surface area contributed by atoms with Crippen molar-refractivity contribution in [3.8, 4) is 11.8 Å². The summed E-state index contributed by atoms with van der Waals surface area (Å²) in [6, 6.07) is 14.2. The van der Waals surface area contributed by atoms with E-state index in [0.29, 0.717) is 11.1 Å². The van der Waals surface area contributed by atoms with Crippen LogP contribution in [0, 0.1) is 11.3 Å². The molecule has 0 heterocycles. The van der Waals surface area contributed by atoms with Crippen molar-refractivity contribution in [2.75, 3.05) is 0 Å². The van der Waals surface area contributed by atoms with Crippen LogP contribution in [0.3, 0.4) is 0 Å². The third-order valence-electron chi connectivity index (χ3n) is 2.83. The standard InChI is InChI=1S/C17H11F2NO2/c18-17(19)22-15-8-6-14(7-9-15)16(21)10-5-12-1-3-13(11-20)4-2-12/h1-10,17H/b10-5+. The molecule has 5 heteroatoms. The number of ketones is 1. The molecule has 0 fully saturated rings. The summed E-state index contributed by atoms with van der Waals surface area (Å²) in [5.74, 6) is -0.254. The highest BCUT2D eigenvalue weighted by molar-refractivity contribution is 6.06. The van der Waals surface area contributed by atoms with Crippen molar-refractivity contribution in [3.05, 3.63) is 71.3 Å². The maximum atomic E-state index is 12.0. The van der Waals surface area contributed by atoms with E-state index in [1.54, 1.807) is 30.3 Å². The number of rotatable bonds is 5. The summed E-state index contributed by atoms with van der Waals surface area (Å²) < 4.78 is 28.3. The van der Waals surface area contributed by atoms with Gasteiger partial charge in [0, 0.05) is 5.56 Å². The van der Waals surface area contributed by atoms with Gasteiger partial charge >= 0.3 is 6.61 Å².